The topological polar surface area (TPSA) is 121 Å². The Balaban J connectivity index is 1.35. The van der Waals surface area contributed by atoms with E-state index in [1.165, 1.54) is 37.3 Å². The summed E-state index contributed by atoms with van der Waals surface area (Å²) in [6.07, 6.45) is -0.863. The molecule has 0 amide bonds. The van der Waals surface area contributed by atoms with Crippen LogP contribution in [0.5, 0.6) is 11.5 Å². The Morgan fingerprint density at radius 2 is 1.74 bits per heavy atom. The first-order valence-electron chi connectivity index (χ1n) is 11.8. The van der Waals surface area contributed by atoms with Gasteiger partial charge in [-0.1, -0.05) is 54.6 Å². The van der Waals surface area contributed by atoms with E-state index in [0.29, 0.717) is 33.8 Å². The highest BCUT2D eigenvalue weighted by Gasteiger charge is 2.19. The molecule has 0 bridgehead atoms. The summed E-state index contributed by atoms with van der Waals surface area (Å²) in [6, 6.07) is 23.3. The molecule has 38 heavy (non-hydrogen) atoms. The van der Waals surface area contributed by atoms with E-state index in [0.717, 1.165) is 11.1 Å². The lowest BCUT2D eigenvalue weighted by molar-refractivity contribution is 0.101. The number of aromatic nitrogens is 4. The number of benzene rings is 4. The van der Waals surface area contributed by atoms with Crippen LogP contribution in [0.4, 0.5) is 4.39 Å². The minimum absolute atomic E-state index is 0.151. The Kier molecular flexibility index (Phi) is 6.92. The molecule has 0 aliphatic carbocycles. The van der Waals surface area contributed by atoms with Gasteiger partial charge in [0.15, 0.2) is 5.78 Å². The number of aromatic hydroxyl groups is 1. The highest BCUT2D eigenvalue weighted by Crippen LogP contribution is 2.41. The lowest BCUT2D eigenvalue weighted by atomic mass is 9.98. The van der Waals surface area contributed by atoms with Crippen LogP contribution in [0.2, 0.25) is 0 Å². The van der Waals surface area contributed by atoms with Crippen LogP contribution in [0.1, 0.15) is 40.1 Å². The number of hydrogen-bond donors (Lipinski definition) is 3. The molecule has 0 saturated heterocycles. The maximum atomic E-state index is 13.5. The van der Waals surface area contributed by atoms with Gasteiger partial charge >= 0.3 is 0 Å². The van der Waals surface area contributed by atoms with E-state index >= 15 is 0 Å². The van der Waals surface area contributed by atoms with Gasteiger partial charge in [-0.3, -0.25) is 4.79 Å². The van der Waals surface area contributed by atoms with Crippen LogP contribution >= 0.6 is 0 Å². The fourth-order valence-corrected chi connectivity index (χ4v) is 4.15. The third kappa shape index (κ3) is 5.14. The van der Waals surface area contributed by atoms with Crippen LogP contribution in [0, 0.1) is 5.82 Å². The number of aliphatic hydroxyl groups excluding tert-OH is 1. The molecule has 190 valence electrons. The van der Waals surface area contributed by atoms with E-state index in [1.807, 2.05) is 42.5 Å². The summed E-state index contributed by atoms with van der Waals surface area (Å²) in [7, 11) is 0. The predicted octanol–water partition coefficient (Wildman–Crippen LogP) is 5.24. The molecule has 0 fully saturated rings. The number of phenols is 1. The number of H-pyrrole nitrogens is 1. The fraction of sp³-hybridized carbons (Fsp3) is 0.103. The Labute approximate surface area is 217 Å². The van der Waals surface area contributed by atoms with Crippen molar-refractivity contribution in [2.75, 3.05) is 0 Å². The number of ether oxygens (including phenoxy) is 1. The number of aromatic amines is 1. The third-order valence-corrected chi connectivity index (χ3v) is 6.15. The molecule has 1 heterocycles. The maximum Gasteiger partial charge on any atom is 0.204 e. The first-order valence-corrected chi connectivity index (χ1v) is 11.8. The highest BCUT2D eigenvalue weighted by atomic mass is 19.1. The van der Waals surface area contributed by atoms with Crippen molar-refractivity contribution in [3.05, 3.63) is 113 Å². The number of rotatable bonds is 8. The smallest absolute Gasteiger partial charge is 0.204 e. The van der Waals surface area contributed by atoms with Crippen LogP contribution in [-0.4, -0.2) is 36.6 Å². The van der Waals surface area contributed by atoms with Gasteiger partial charge < -0.3 is 14.9 Å². The number of halogens is 1. The van der Waals surface area contributed by atoms with Crippen molar-refractivity contribution >= 4 is 5.78 Å². The van der Waals surface area contributed by atoms with E-state index in [9.17, 15) is 19.4 Å². The number of nitrogens with one attached hydrogen (secondary N) is 1. The molecule has 8 nitrogen and oxygen atoms in total. The lowest BCUT2D eigenvalue weighted by Gasteiger charge is -2.16. The van der Waals surface area contributed by atoms with Crippen LogP contribution < -0.4 is 4.74 Å². The normalized spacial score (nSPS) is 11.8. The molecule has 9 heteroatoms. The molecular weight excluding hydrogens is 487 g/mol. The number of phenolic OH excluding ortho intramolecular Hbond substituents is 1. The summed E-state index contributed by atoms with van der Waals surface area (Å²) in [5.74, 6) is -0.143. The average Bonchev–Trinajstić information content (AvgIpc) is 3.48. The molecule has 1 atom stereocenters. The number of nitrogens with zero attached hydrogens (tertiary/aromatic N) is 3. The zero-order chi connectivity index (χ0) is 26.6. The second-order valence-electron chi connectivity index (χ2n) is 8.69. The maximum absolute atomic E-state index is 13.5. The van der Waals surface area contributed by atoms with Crippen molar-refractivity contribution in [1.82, 2.24) is 20.6 Å². The fourth-order valence-electron chi connectivity index (χ4n) is 4.15. The van der Waals surface area contributed by atoms with Crippen LogP contribution in [-0.2, 0) is 6.61 Å². The molecule has 1 aromatic heterocycles. The lowest BCUT2D eigenvalue weighted by Crippen LogP contribution is -2.02. The number of carbonyl (C=O) groups is 1. The molecular formula is C29H23FN4O4. The zero-order valence-electron chi connectivity index (χ0n) is 20.3. The van der Waals surface area contributed by atoms with Crippen molar-refractivity contribution < 1.29 is 24.1 Å². The van der Waals surface area contributed by atoms with Gasteiger partial charge in [-0.25, -0.2) is 4.39 Å². The summed E-state index contributed by atoms with van der Waals surface area (Å²) in [6.45, 7) is 1.53. The highest BCUT2D eigenvalue weighted by molar-refractivity contribution is 6.00. The molecule has 3 N–H and O–H groups in total. The van der Waals surface area contributed by atoms with Crippen molar-refractivity contribution in [2.24, 2.45) is 0 Å². The molecule has 0 saturated carbocycles. The predicted molar refractivity (Wildman–Crippen MR) is 138 cm³/mol. The quantitative estimate of drug-likeness (QED) is 0.244. The van der Waals surface area contributed by atoms with Crippen molar-refractivity contribution in [2.45, 2.75) is 19.6 Å². The first-order chi connectivity index (χ1) is 18.4. The molecule has 0 aliphatic heterocycles. The number of Topliss-reactive ketones (excluding diaryl/α,β-unsaturated/α-hetero) is 1. The first kappa shape index (κ1) is 24.8. The van der Waals surface area contributed by atoms with E-state index in [-0.39, 0.29) is 23.7 Å². The van der Waals surface area contributed by atoms with Gasteiger partial charge in [0, 0.05) is 5.56 Å². The van der Waals surface area contributed by atoms with E-state index < -0.39 is 11.9 Å². The summed E-state index contributed by atoms with van der Waals surface area (Å²) in [4.78, 5) is 12.0. The van der Waals surface area contributed by atoms with Crippen LogP contribution in [0.3, 0.4) is 0 Å². The second-order valence-corrected chi connectivity index (χ2v) is 8.69. The molecule has 5 rings (SSSR count). The number of hydrogen-bond acceptors (Lipinski definition) is 7. The summed E-state index contributed by atoms with van der Waals surface area (Å²) in [5.41, 5.74) is 3.90. The van der Waals surface area contributed by atoms with Crippen molar-refractivity contribution in [1.29, 1.82) is 0 Å². The van der Waals surface area contributed by atoms with Crippen LogP contribution in [0.15, 0.2) is 84.9 Å². The Morgan fingerprint density at radius 1 is 0.974 bits per heavy atom. The molecule has 5 aromatic rings. The average molecular weight is 511 g/mol. The van der Waals surface area contributed by atoms with Gasteiger partial charge in [-0.05, 0) is 64.7 Å². The Bertz CT molecular complexity index is 1570. The van der Waals surface area contributed by atoms with E-state index in [1.54, 1.807) is 12.1 Å². The molecule has 1 unspecified atom stereocenters. The van der Waals surface area contributed by atoms with Crippen LogP contribution in [0.25, 0.3) is 22.5 Å². The van der Waals surface area contributed by atoms with Crippen molar-refractivity contribution in [3.8, 4) is 34.0 Å². The number of ketones is 1. The molecule has 4 aromatic carbocycles. The number of tetrazole rings is 1. The number of carbonyl (C=O) groups excluding carboxylic acids is 1. The second kappa shape index (κ2) is 10.6. The third-order valence-electron chi connectivity index (χ3n) is 6.15. The minimum atomic E-state index is -0.863. The molecule has 0 spiro atoms. The molecule has 0 aliphatic rings. The summed E-state index contributed by atoms with van der Waals surface area (Å²) < 4.78 is 19.5. The van der Waals surface area contributed by atoms with Gasteiger partial charge in [0.1, 0.15) is 30.0 Å². The van der Waals surface area contributed by atoms with Crippen molar-refractivity contribution in [3.63, 3.8) is 0 Å². The van der Waals surface area contributed by atoms with Gasteiger partial charge in [-0.2, -0.15) is 5.21 Å². The Hall–Kier alpha value is -4.89. The van der Waals surface area contributed by atoms with E-state index in [4.69, 9.17) is 4.74 Å². The van der Waals surface area contributed by atoms with Gasteiger partial charge in [0.05, 0.1) is 11.1 Å². The van der Waals surface area contributed by atoms with Gasteiger partial charge in [0.2, 0.25) is 5.82 Å². The van der Waals surface area contributed by atoms with E-state index in [2.05, 4.69) is 20.6 Å². The zero-order valence-corrected chi connectivity index (χ0v) is 20.3. The monoisotopic (exact) mass is 510 g/mol. The van der Waals surface area contributed by atoms with Gasteiger partial charge in [0.25, 0.3) is 0 Å². The SMILES string of the molecule is CC(=O)c1ccc(OCc2ccc(C(O)c3cccc(-c4nn[nH]n4)c3)cc2)c(-c2ccc(F)cc2)c1O. The molecule has 0 radical (unpaired) electrons. The minimum Gasteiger partial charge on any atom is -0.506 e. The Morgan fingerprint density at radius 3 is 2.42 bits per heavy atom. The van der Waals surface area contributed by atoms with Gasteiger partial charge in [-0.15, -0.1) is 10.2 Å². The number of aliphatic hydroxyl groups is 1. The largest absolute Gasteiger partial charge is 0.506 e. The standard InChI is InChI=1S/C29H23FN4O4/c1-17(35)24-13-14-25(26(28(24)37)19-9-11-23(30)12-10-19)38-16-18-5-7-20(8-6-18)27(36)21-3-2-4-22(15-21)29-31-33-34-32-29/h2-15,27,36-37H,16H2,1H3,(H,31,32,33,34). The summed E-state index contributed by atoms with van der Waals surface area (Å²) >= 11 is 0. The summed E-state index contributed by atoms with van der Waals surface area (Å²) in [5, 5.41) is 35.7.